The number of amides is 1. The number of fused-ring (bicyclic) bond motifs is 1. The molecular formula is C16H21NO4. The molecule has 1 aromatic carbocycles. The zero-order valence-electron chi connectivity index (χ0n) is 12.3. The Bertz CT molecular complexity index is 523. The Morgan fingerprint density at radius 2 is 2.00 bits per heavy atom. The first-order valence-corrected chi connectivity index (χ1v) is 7.52. The van der Waals surface area contributed by atoms with E-state index in [0.717, 1.165) is 36.3 Å². The summed E-state index contributed by atoms with van der Waals surface area (Å²) in [5, 5.41) is 2.94. The van der Waals surface area contributed by atoms with Gasteiger partial charge >= 0.3 is 0 Å². The average Bonchev–Trinajstić information content (AvgIpc) is 3.02. The van der Waals surface area contributed by atoms with Crippen molar-refractivity contribution in [1.82, 2.24) is 5.32 Å². The van der Waals surface area contributed by atoms with Crippen molar-refractivity contribution < 1.29 is 19.0 Å². The van der Waals surface area contributed by atoms with Crippen LogP contribution in [0.1, 0.15) is 24.0 Å². The van der Waals surface area contributed by atoms with Gasteiger partial charge in [0.1, 0.15) is 19.3 Å². The van der Waals surface area contributed by atoms with Gasteiger partial charge in [0.05, 0.1) is 0 Å². The summed E-state index contributed by atoms with van der Waals surface area (Å²) in [5.41, 5.74) is 2.33. The molecule has 0 spiro atoms. The molecule has 0 aromatic heterocycles. The van der Waals surface area contributed by atoms with Crippen molar-refractivity contribution in [3.05, 3.63) is 23.3 Å². The van der Waals surface area contributed by atoms with Gasteiger partial charge in [-0.25, -0.2) is 0 Å². The van der Waals surface area contributed by atoms with E-state index < -0.39 is 0 Å². The lowest BCUT2D eigenvalue weighted by molar-refractivity contribution is -0.129. The third-order valence-corrected chi connectivity index (χ3v) is 3.92. The molecule has 0 bridgehead atoms. The van der Waals surface area contributed by atoms with Crippen LogP contribution in [-0.2, 0) is 16.0 Å². The lowest BCUT2D eigenvalue weighted by Crippen LogP contribution is -2.35. The molecule has 1 N–H and O–H groups in total. The molecule has 5 heteroatoms. The van der Waals surface area contributed by atoms with Gasteiger partial charge in [0.25, 0.3) is 0 Å². The molecule has 1 fully saturated rings. The Labute approximate surface area is 124 Å². The molecule has 1 saturated heterocycles. The van der Waals surface area contributed by atoms with Crippen molar-refractivity contribution in [2.75, 3.05) is 26.4 Å². The van der Waals surface area contributed by atoms with Crippen LogP contribution in [0.2, 0.25) is 0 Å². The van der Waals surface area contributed by atoms with Crippen LogP contribution < -0.4 is 14.8 Å². The lowest BCUT2D eigenvalue weighted by atomic mass is 10.0. The van der Waals surface area contributed by atoms with Gasteiger partial charge in [-0.15, -0.1) is 0 Å². The van der Waals surface area contributed by atoms with Crippen LogP contribution in [0, 0.1) is 6.92 Å². The summed E-state index contributed by atoms with van der Waals surface area (Å²) in [6.45, 7) is 4.54. The predicted octanol–water partition coefficient (Wildman–Crippen LogP) is 1.60. The Morgan fingerprint density at radius 1 is 1.24 bits per heavy atom. The first-order valence-electron chi connectivity index (χ1n) is 7.52. The lowest BCUT2D eigenvalue weighted by Gasteiger charge is -2.20. The fraction of sp³-hybridized carbons (Fsp3) is 0.562. The fourth-order valence-corrected chi connectivity index (χ4v) is 2.72. The van der Waals surface area contributed by atoms with Gasteiger partial charge in [0.15, 0.2) is 11.5 Å². The van der Waals surface area contributed by atoms with Gasteiger partial charge in [0, 0.05) is 13.2 Å². The summed E-state index contributed by atoms with van der Waals surface area (Å²) in [6.07, 6.45) is 2.32. The summed E-state index contributed by atoms with van der Waals surface area (Å²) < 4.78 is 16.5. The monoisotopic (exact) mass is 291 g/mol. The van der Waals surface area contributed by atoms with Crippen LogP contribution in [-0.4, -0.2) is 38.4 Å². The van der Waals surface area contributed by atoms with Gasteiger partial charge < -0.3 is 19.5 Å². The van der Waals surface area contributed by atoms with Gasteiger partial charge in [0.2, 0.25) is 5.91 Å². The minimum absolute atomic E-state index is 0.00250. The van der Waals surface area contributed by atoms with Crippen molar-refractivity contribution in [1.29, 1.82) is 0 Å². The molecule has 0 radical (unpaired) electrons. The highest BCUT2D eigenvalue weighted by atomic mass is 16.6. The quantitative estimate of drug-likeness (QED) is 0.915. The molecule has 5 nitrogen and oxygen atoms in total. The van der Waals surface area contributed by atoms with Gasteiger partial charge in [-0.3, -0.25) is 4.79 Å². The number of hydrogen-bond donors (Lipinski definition) is 1. The minimum Gasteiger partial charge on any atom is -0.486 e. The maximum absolute atomic E-state index is 11.9. The maximum Gasteiger partial charge on any atom is 0.249 e. The molecule has 114 valence electrons. The van der Waals surface area contributed by atoms with E-state index in [-0.39, 0.29) is 12.0 Å². The standard InChI is InChI=1S/C16H21NO4/c1-11-9-14-15(21-8-7-20-14)10-12(11)4-5-17-16(18)13-3-2-6-19-13/h9-10,13H,2-8H2,1H3,(H,17,18). The number of benzene rings is 1. The molecule has 2 aliphatic heterocycles. The molecule has 1 atom stereocenters. The van der Waals surface area contributed by atoms with E-state index in [2.05, 4.69) is 12.2 Å². The topological polar surface area (TPSA) is 56.8 Å². The Balaban J connectivity index is 1.56. The first-order chi connectivity index (χ1) is 10.2. The summed E-state index contributed by atoms with van der Waals surface area (Å²) in [5.74, 6) is 1.61. The van der Waals surface area contributed by atoms with Gasteiger partial charge in [-0.1, -0.05) is 0 Å². The predicted molar refractivity (Wildman–Crippen MR) is 77.9 cm³/mol. The highest BCUT2D eigenvalue weighted by Gasteiger charge is 2.23. The van der Waals surface area contributed by atoms with E-state index in [1.54, 1.807) is 0 Å². The van der Waals surface area contributed by atoms with Gasteiger partial charge in [-0.05, 0) is 49.4 Å². The van der Waals surface area contributed by atoms with E-state index in [9.17, 15) is 4.79 Å². The van der Waals surface area contributed by atoms with Crippen molar-refractivity contribution >= 4 is 5.91 Å². The summed E-state index contributed by atoms with van der Waals surface area (Å²) in [7, 11) is 0. The van der Waals surface area contributed by atoms with Crippen LogP contribution in [0.25, 0.3) is 0 Å². The molecule has 3 rings (SSSR count). The summed E-state index contributed by atoms with van der Waals surface area (Å²) in [4.78, 5) is 11.9. The third kappa shape index (κ3) is 3.29. The van der Waals surface area contributed by atoms with E-state index in [4.69, 9.17) is 14.2 Å². The van der Waals surface area contributed by atoms with E-state index in [0.29, 0.717) is 26.4 Å². The van der Waals surface area contributed by atoms with Crippen molar-refractivity contribution in [3.63, 3.8) is 0 Å². The molecule has 1 amide bonds. The molecule has 21 heavy (non-hydrogen) atoms. The van der Waals surface area contributed by atoms with Crippen LogP contribution in [0.3, 0.4) is 0 Å². The number of rotatable bonds is 4. The van der Waals surface area contributed by atoms with Crippen LogP contribution in [0.5, 0.6) is 11.5 Å². The van der Waals surface area contributed by atoms with E-state index in [1.165, 1.54) is 5.56 Å². The largest absolute Gasteiger partial charge is 0.486 e. The highest BCUT2D eigenvalue weighted by Crippen LogP contribution is 2.33. The second kappa shape index (κ2) is 6.35. The summed E-state index contributed by atoms with van der Waals surface area (Å²) >= 11 is 0. The van der Waals surface area contributed by atoms with E-state index >= 15 is 0 Å². The van der Waals surface area contributed by atoms with Crippen molar-refractivity contribution in [2.45, 2.75) is 32.3 Å². The number of carbonyl (C=O) groups excluding carboxylic acids is 1. The van der Waals surface area contributed by atoms with Gasteiger partial charge in [-0.2, -0.15) is 0 Å². The molecular weight excluding hydrogens is 270 g/mol. The third-order valence-electron chi connectivity index (χ3n) is 3.92. The maximum atomic E-state index is 11.9. The number of nitrogens with one attached hydrogen (secondary N) is 1. The fourth-order valence-electron chi connectivity index (χ4n) is 2.72. The highest BCUT2D eigenvalue weighted by molar-refractivity contribution is 5.80. The molecule has 0 saturated carbocycles. The average molecular weight is 291 g/mol. The Hall–Kier alpha value is -1.75. The number of ether oxygens (including phenoxy) is 3. The van der Waals surface area contributed by atoms with E-state index in [1.807, 2.05) is 12.1 Å². The van der Waals surface area contributed by atoms with Crippen LogP contribution >= 0.6 is 0 Å². The smallest absolute Gasteiger partial charge is 0.249 e. The van der Waals surface area contributed by atoms with Crippen molar-refractivity contribution in [2.24, 2.45) is 0 Å². The second-order valence-electron chi connectivity index (χ2n) is 5.47. The molecule has 0 aliphatic carbocycles. The minimum atomic E-state index is -0.258. The molecule has 2 heterocycles. The number of carbonyl (C=O) groups is 1. The number of aryl methyl sites for hydroxylation is 1. The Kier molecular flexibility index (Phi) is 4.29. The second-order valence-corrected chi connectivity index (χ2v) is 5.47. The molecule has 1 aromatic rings. The normalized spacial score (nSPS) is 20.3. The summed E-state index contributed by atoms with van der Waals surface area (Å²) in [6, 6.07) is 4.02. The van der Waals surface area contributed by atoms with Crippen molar-refractivity contribution in [3.8, 4) is 11.5 Å². The molecule has 2 aliphatic rings. The zero-order valence-corrected chi connectivity index (χ0v) is 12.3. The Morgan fingerprint density at radius 3 is 2.71 bits per heavy atom. The molecule has 1 unspecified atom stereocenters. The van der Waals surface area contributed by atoms with Crippen LogP contribution in [0.4, 0.5) is 0 Å². The first kappa shape index (κ1) is 14.2. The number of hydrogen-bond acceptors (Lipinski definition) is 4. The van der Waals surface area contributed by atoms with Crippen LogP contribution in [0.15, 0.2) is 12.1 Å². The zero-order chi connectivity index (χ0) is 14.7. The SMILES string of the molecule is Cc1cc2c(cc1CCNC(=O)C1CCCO1)OCCO2.